The molecule has 1 aliphatic heterocycles. The Morgan fingerprint density at radius 2 is 1.68 bits per heavy atom. The minimum Gasteiger partial charge on any atom is -0.486 e. The molecule has 1 atom stereocenters. The van der Waals surface area contributed by atoms with Gasteiger partial charge in [0, 0.05) is 17.3 Å². The van der Waals surface area contributed by atoms with Gasteiger partial charge in [0.2, 0.25) is 5.89 Å². The molecular weight excluding hydrogens is 434 g/mol. The molecule has 0 fully saturated rings. The zero-order valence-corrected chi connectivity index (χ0v) is 18.6. The smallest absolute Gasteiger partial charge is 0.265 e. The minimum atomic E-state index is -0.731. The molecule has 34 heavy (non-hydrogen) atoms. The second-order valence-electron chi connectivity index (χ2n) is 7.64. The molecule has 172 valence electrons. The van der Waals surface area contributed by atoms with Gasteiger partial charge in [-0.05, 0) is 42.8 Å². The number of nitrogens with one attached hydrogen (secondary N) is 1. The molecule has 4 aromatic rings. The van der Waals surface area contributed by atoms with E-state index in [0.717, 1.165) is 5.56 Å². The first-order valence-corrected chi connectivity index (χ1v) is 11.1. The summed E-state index contributed by atoms with van der Waals surface area (Å²) < 4.78 is 23.1. The van der Waals surface area contributed by atoms with Gasteiger partial charge < -0.3 is 23.9 Å². The van der Waals surface area contributed by atoms with Crippen LogP contribution in [0.25, 0.3) is 22.9 Å². The topological polar surface area (TPSA) is 95.7 Å². The molecule has 0 saturated carbocycles. The summed E-state index contributed by atoms with van der Waals surface area (Å²) >= 11 is 0. The summed E-state index contributed by atoms with van der Waals surface area (Å²) in [4.78, 5) is 13.0. The zero-order chi connectivity index (χ0) is 23.3. The number of hydrogen-bond donors (Lipinski definition) is 1. The maximum absolute atomic E-state index is 13.0. The predicted octanol–water partition coefficient (Wildman–Crippen LogP) is 4.97. The molecule has 1 N–H and O–H groups in total. The van der Waals surface area contributed by atoms with E-state index in [0.29, 0.717) is 59.9 Å². The van der Waals surface area contributed by atoms with Crippen molar-refractivity contribution in [2.45, 2.75) is 19.4 Å². The summed E-state index contributed by atoms with van der Waals surface area (Å²) in [6.45, 7) is 2.87. The Morgan fingerprint density at radius 1 is 0.941 bits per heavy atom. The van der Waals surface area contributed by atoms with Crippen LogP contribution in [0.3, 0.4) is 0 Å². The van der Waals surface area contributed by atoms with Crippen molar-refractivity contribution >= 4 is 11.6 Å². The van der Waals surface area contributed by atoms with Gasteiger partial charge in [0.1, 0.15) is 19.0 Å². The number of para-hydroxylation sites is 1. The molecule has 0 radical (unpaired) electrons. The summed E-state index contributed by atoms with van der Waals surface area (Å²) in [6.07, 6.45) is -0.269. The second kappa shape index (κ2) is 9.66. The summed E-state index contributed by atoms with van der Waals surface area (Å²) in [5.41, 5.74) is 2.04. The lowest BCUT2D eigenvalue weighted by molar-refractivity contribution is -0.122. The average molecular weight is 457 g/mol. The number of hydrogen-bond acceptors (Lipinski definition) is 7. The first kappa shape index (κ1) is 21.5. The van der Waals surface area contributed by atoms with E-state index >= 15 is 0 Å². The van der Waals surface area contributed by atoms with Gasteiger partial charge in [-0.15, -0.1) is 10.2 Å². The SMILES string of the molecule is CC[C@H](Oc1ccccc1-c1nnc(-c2ccccc2)o1)C(=O)Nc1ccc2c(c1)OCCO2. The monoisotopic (exact) mass is 457 g/mol. The van der Waals surface area contributed by atoms with Crippen LogP contribution in [0.2, 0.25) is 0 Å². The molecule has 5 rings (SSSR count). The van der Waals surface area contributed by atoms with Crippen molar-refractivity contribution in [1.29, 1.82) is 0 Å². The maximum atomic E-state index is 13.0. The van der Waals surface area contributed by atoms with E-state index in [1.54, 1.807) is 24.3 Å². The normalized spacial score (nSPS) is 13.2. The average Bonchev–Trinajstić information content (AvgIpc) is 3.38. The fourth-order valence-corrected chi connectivity index (χ4v) is 3.59. The van der Waals surface area contributed by atoms with E-state index in [4.69, 9.17) is 18.6 Å². The van der Waals surface area contributed by atoms with Crippen LogP contribution in [0.5, 0.6) is 17.2 Å². The number of nitrogens with zero attached hydrogens (tertiary/aromatic N) is 2. The third kappa shape index (κ3) is 4.56. The highest BCUT2D eigenvalue weighted by molar-refractivity contribution is 5.94. The highest BCUT2D eigenvalue weighted by Crippen LogP contribution is 2.34. The molecule has 0 aliphatic carbocycles. The Kier molecular flexibility index (Phi) is 6.11. The van der Waals surface area contributed by atoms with E-state index in [9.17, 15) is 4.79 Å². The van der Waals surface area contributed by atoms with Crippen LogP contribution in [-0.4, -0.2) is 35.4 Å². The van der Waals surface area contributed by atoms with E-state index < -0.39 is 6.10 Å². The number of rotatable bonds is 7. The van der Waals surface area contributed by atoms with Crippen molar-refractivity contribution < 1.29 is 23.4 Å². The number of anilines is 1. The highest BCUT2D eigenvalue weighted by Gasteiger charge is 2.23. The van der Waals surface area contributed by atoms with Gasteiger partial charge in [-0.1, -0.05) is 37.3 Å². The Hall–Kier alpha value is -4.33. The highest BCUT2D eigenvalue weighted by atomic mass is 16.6. The quantitative estimate of drug-likeness (QED) is 0.418. The molecule has 8 heteroatoms. The Bertz CT molecular complexity index is 1290. The molecule has 0 unspecified atom stereocenters. The molecule has 8 nitrogen and oxygen atoms in total. The van der Waals surface area contributed by atoms with E-state index in [-0.39, 0.29) is 5.91 Å². The second-order valence-corrected chi connectivity index (χ2v) is 7.64. The molecule has 0 spiro atoms. The minimum absolute atomic E-state index is 0.274. The fraction of sp³-hybridized carbons (Fsp3) is 0.192. The number of fused-ring (bicyclic) bond motifs is 1. The Labute approximate surface area is 196 Å². The van der Waals surface area contributed by atoms with Crippen LogP contribution in [0.15, 0.2) is 77.2 Å². The van der Waals surface area contributed by atoms with Crippen LogP contribution in [0, 0.1) is 0 Å². The molecule has 2 heterocycles. The van der Waals surface area contributed by atoms with Gasteiger partial charge in [-0.3, -0.25) is 4.79 Å². The summed E-state index contributed by atoms with van der Waals surface area (Å²) in [5.74, 6) is 2.20. The van der Waals surface area contributed by atoms with Gasteiger partial charge >= 0.3 is 0 Å². The molecule has 1 aromatic heterocycles. The van der Waals surface area contributed by atoms with E-state index in [1.807, 2.05) is 55.5 Å². The predicted molar refractivity (Wildman–Crippen MR) is 126 cm³/mol. The van der Waals surface area contributed by atoms with Gasteiger partial charge in [-0.25, -0.2) is 0 Å². The first-order valence-electron chi connectivity index (χ1n) is 11.1. The third-order valence-electron chi connectivity index (χ3n) is 5.31. The van der Waals surface area contributed by atoms with Crippen LogP contribution in [0.1, 0.15) is 13.3 Å². The van der Waals surface area contributed by atoms with Crippen molar-refractivity contribution in [2.24, 2.45) is 0 Å². The summed E-state index contributed by atoms with van der Waals surface area (Å²) in [5, 5.41) is 11.2. The third-order valence-corrected chi connectivity index (χ3v) is 5.31. The van der Waals surface area contributed by atoms with Crippen LogP contribution in [0.4, 0.5) is 5.69 Å². The van der Waals surface area contributed by atoms with Crippen LogP contribution < -0.4 is 19.5 Å². The standard InChI is InChI=1S/C26H23N3O5/c1-2-20(24(30)27-18-12-13-22-23(16-18)32-15-14-31-22)33-21-11-7-6-10-19(21)26-29-28-25(34-26)17-8-4-3-5-9-17/h3-13,16,20H,2,14-15H2,1H3,(H,27,30)/t20-/m0/s1. The molecule has 1 aliphatic rings. The summed E-state index contributed by atoms with van der Waals surface area (Å²) in [7, 11) is 0. The largest absolute Gasteiger partial charge is 0.486 e. The maximum Gasteiger partial charge on any atom is 0.265 e. The fourth-order valence-electron chi connectivity index (χ4n) is 3.59. The first-order chi connectivity index (χ1) is 16.7. The summed E-state index contributed by atoms with van der Waals surface area (Å²) in [6, 6.07) is 22.1. The van der Waals surface area contributed by atoms with Crippen molar-refractivity contribution in [3.05, 3.63) is 72.8 Å². The lowest BCUT2D eigenvalue weighted by Gasteiger charge is -2.21. The van der Waals surface area contributed by atoms with Crippen LogP contribution in [-0.2, 0) is 4.79 Å². The number of amides is 1. The van der Waals surface area contributed by atoms with Gasteiger partial charge in [-0.2, -0.15) is 0 Å². The van der Waals surface area contributed by atoms with Gasteiger partial charge in [0.05, 0.1) is 5.56 Å². The van der Waals surface area contributed by atoms with E-state index in [2.05, 4.69) is 15.5 Å². The number of carbonyl (C=O) groups is 1. The molecule has 0 bridgehead atoms. The Balaban J connectivity index is 1.34. The van der Waals surface area contributed by atoms with Crippen molar-refractivity contribution in [2.75, 3.05) is 18.5 Å². The molecule has 0 saturated heterocycles. The van der Waals surface area contributed by atoms with Gasteiger partial charge in [0.15, 0.2) is 17.6 Å². The number of ether oxygens (including phenoxy) is 3. The lowest BCUT2D eigenvalue weighted by atomic mass is 10.2. The van der Waals surface area contributed by atoms with Crippen molar-refractivity contribution in [3.8, 4) is 40.2 Å². The van der Waals surface area contributed by atoms with Crippen molar-refractivity contribution in [3.63, 3.8) is 0 Å². The van der Waals surface area contributed by atoms with Crippen molar-refractivity contribution in [1.82, 2.24) is 10.2 Å². The number of benzene rings is 3. The molecule has 1 amide bonds. The molecule has 3 aromatic carbocycles. The number of aromatic nitrogens is 2. The lowest BCUT2D eigenvalue weighted by Crippen LogP contribution is -2.32. The number of carbonyl (C=O) groups excluding carboxylic acids is 1. The van der Waals surface area contributed by atoms with Crippen LogP contribution >= 0.6 is 0 Å². The Morgan fingerprint density at radius 3 is 2.50 bits per heavy atom. The zero-order valence-electron chi connectivity index (χ0n) is 18.6. The van der Waals surface area contributed by atoms with Gasteiger partial charge in [0.25, 0.3) is 11.8 Å². The molecular formula is C26H23N3O5. The van der Waals surface area contributed by atoms with E-state index in [1.165, 1.54) is 0 Å².